The largest absolute Gasteiger partial charge is 0.485 e. The van der Waals surface area contributed by atoms with E-state index in [-0.39, 0.29) is 36.7 Å². The first-order chi connectivity index (χ1) is 18.0. The molecule has 5 rings (SSSR count). The van der Waals surface area contributed by atoms with Crippen molar-refractivity contribution in [1.29, 1.82) is 0 Å². The number of anilines is 1. The molecule has 3 atom stereocenters. The average molecular weight is 523 g/mol. The first-order valence-electron chi connectivity index (χ1n) is 12.8. The van der Waals surface area contributed by atoms with Gasteiger partial charge in [0, 0.05) is 24.3 Å². The summed E-state index contributed by atoms with van der Waals surface area (Å²) in [6.45, 7) is 3.62. The van der Waals surface area contributed by atoms with Crippen molar-refractivity contribution in [2.45, 2.75) is 49.5 Å². The van der Waals surface area contributed by atoms with Crippen LogP contribution in [0.15, 0.2) is 83.8 Å². The molecule has 0 bridgehead atoms. The van der Waals surface area contributed by atoms with E-state index in [1.54, 1.807) is 6.07 Å². The number of aliphatic hydroxyl groups is 1. The van der Waals surface area contributed by atoms with Gasteiger partial charge in [-0.1, -0.05) is 60.7 Å². The molecule has 8 heteroatoms. The summed E-state index contributed by atoms with van der Waals surface area (Å²) in [6.07, 6.45) is 1.40. The normalized spacial score (nSPS) is 22.2. The minimum Gasteiger partial charge on any atom is -0.485 e. The quantitative estimate of drug-likeness (QED) is 0.473. The Labute approximate surface area is 219 Å². The minimum atomic E-state index is -3.85. The van der Waals surface area contributed by atoms with Crippen LogP contribution in [-0.4, -0.2) is 56.3 Å². The monoisotopic (exact) mass is 522 g/mol. The van der Waals surface area contributed by atoms with Crippen LogP contribution in [0.5, 0.6) is 5.75 Å². The lowest BCUT2D eigenvalue weighted by Gasteiger charge is -2.29. The van der Waals surface area contributed by atoms with Crippen LogP contribution in [0.25, 0.3) is 0 Å². The first kappa shape index (κ1) is 25.7. The highest BCUT2D eigenvalue weighted by Gasteiger charge is 2.39. The number of rotatable bonds is 8. The van der Waals surface area contributed by atoms with Crippen molar-refractivity contribution in [1.82, 2.24) is 4.31 Å². The SMILES string of the molecule is C[C@@H](c1ccccc1)N1C[C@H](COCc2ccccc2)Oc2cc(N3CCC[C@@H]3CO)ccc2S1(=O)=O. The highest BCUT2D eigenvalue weighted by molar-refractivity contribution is 7.89. The number of hydrogen-bond donors (Lipinski definition) is 1. The van der Waals surface area contributed by atoms with Crippen molar-refractivity contribution in [2.24, 2.45) is 0 Å². The van der Waals surface area contributed by atoms with E-state index in [1.165, 1.54) is 4.31 Å². The van der Waals surface area contributed by atoms with Gasteiger partial charge in [-0.05, 0) is 43.0 Å². The van der Waals surface area contributed by atoms with Crippen LogP contribution in [0, 0.1) is 0 Å². The summed E-state index contributed by atoms with van der Waals surface area (Å²) in [5, 5.41) is 9.81. The molecule has 0 spiro atoms. The third-order valence-corrected chi connectivity index (χ3v) is 9.22. The maximum Gasteiger partial charge on any atom is 0.247 e. The number of ether oxygens (including phenoxy) is 2. The van der Waals surface area contributed by atoms with Gasteiger partial charge in [-0.25, -0.2) is 8.42 Å². The van der Waals surface area contributed by atoms with Gasteiger partial charge in [-0.15, -0.1) is 0 Å². The molecule has 3 aromatic carbocycles. The summed E-state index contributed by atoms with van der Waals surface area (Å²) in [5.74, 6) is 0.331. The minimum absolute atomic E-state index is 0.0278. The van der Waals surface area contributed by atoms with Crippen molar-refractivity contribution in [2.75, 3.05) is 31.2 Å². The number of benzene rings is 3. The lowest BCUT2D eigenvalue weighted by atomic mass is 10.1. The van der Waals surface area contributed by atoms with Gasteiger partial charge in [0.25, 0.3) is 0 Å². The Bertz CT molecular complexity index is 1290. The maximum atomic E-state index is 14.0. The predicted octanol–water partition coefficient (Wildman–Crippen LogP) is 4.38. The zero-order valence-electron chi connectivity index (χ0n) is 21.1. The molecule has 0 aromatic heterocycles. The third kappa shape index (κ3) is 5.52. The second kappa shape index (κ2) is 11.2. The molecule has 196 valence electrons. The van der Waals surface area contributed by atoms with Gasteiger partial charge in [-0.3, -0.25) is 0 Å². The Morgan fingerprint density at radius 2 is 1.78 bits per heavy atom. The topological polar surface area (TPSA) is 79.3 Å². The van der Waals surface area contributed by atoms with Gasteiger partial charge in [0.15, 0.2) is 0 Å². The number of aliphatic hydroxyl groups excluding tert-OH is 1. The Kier molecular flexibility index (Phi) is 7.81. The first-order valence-corrected chi connectivity index (χ1v) is 14.3. The number of fused-ring (bicyclic) bond motifs is 1. The summed E-state index contributed by atoms with van der Waals surface area (Å²) in [6, 6.07) is 24.5. The second-order valence-corrected chi connectivity index (χ2v) is 11.6. The van der Waals surface area contributed by atoms with Crippen LogP contribution >= 0.6 is 0 Å². The maximum absolute atomic E-state index is 14.0. The zero-order chi connectivity index (χ0) is 25.8. The molecule has 37 heavy (non-hydrogen) atoms. The molecule has 2 heterocycles. The van der Waals surface area contributed by atoms with Crippen LogP contribution in [0.4, 0.5) is 5.69 Å². The Morgan fingerprint density at radius 1 is 1.05 bits per heavy atom. The molecular weight excluding hydrogens is 488 g/mol. The Morgan fingerprint density at radius 3 is 2.51 bits per heavy atom. The number of nitrogens with zero attached hydrogens (tertiary/aromatic N) is 2. The van der Waals surface area contributed by atoms with E-state index in [0.717, 1.165) is 36.2 Å². The van der Waals surface area contributed by atoms with E-state index in [1.807, 2.05) is 79.7 Å². The van der Waals surface area contributed by atoms with Crippen molar-refractivity contribution in [3.63, 3.8) is 0 Å². The van der Waals surface area contributed by atoms with Crippen LogP contribution in [0.1, 0.15) is 36.9 Å². The van der Waals surface area contributed by atoms with Crippen LogP contribution < -0.4 is 9.64 Å². The highest BCUT2D eigenvalue weighted by atomic mass is 32.2. The van der Waals surface area contributed by atoms with E-state index < -0.39 is 16.1 Å². The van der Waals surface area contributed by atoms with Gasteiger partial charge < -0.3 is 19.5 Å². The lowest BCUT2D eigenvalue weighted by Crippen LogP contribution is -2.40. The van der Waals surface area contributed by atoms with Crippen molar-refractivity contribution >= 4 is 15.7 Å². The van der Waals surface area contributed by atoms with E-state index in [9.17, 15) is 13.5 Å². The van der Waals surface area contributed by atoms with E-state index >= 15 is 0 Å². The van der Waals surface area contributed by atoms with Crippen LogP contribution in [-0.2, 0) is 21.4 Å². The molecule has 7 nitrogen and oxygen atoms in total. The van der Waals surface area contributed by atoms with Crippen molar-refractivity contribution in [3.05, 3.63) is 90.0 Å². The van der Waals surface area contributed by atoms with E-state index in [4.69, 9.17) is 9.47 Å². The molecule has 1 fully saturated rings. The summed E-state index contributed by atoms with van der Waals surface area (Å²) in [4.78, 5) is 2.29. The standard InChI is InChI=1S/C29H34N2O5S/c1-22(24-11-6-3-7-12-24)31-18-27(21-35-20-23-9-4-2-5-10-23)36-28-17-25(14-15-29(28)37(31,33)34)30-16-8-13-26(30)19-32/h2-7,9-12,14-15,17,22,26-27,32H,8,13,16,18-21H2,1H3/t22-,26+,27+/m0/s1. The molecule has 0 unspecified atom stereocenters. The van der Waals surface area contributed by atoms with E-state index in [2.05, 4.69) is 4.90 Å². The number of hydrogen-bond acceptors (Lipinski definition) is 6. The molecule has 0 amide bonds. The molecule has 0 radical (unpaired) electrons. The smallest absolute Gasteiger partial charge is 0.247 e. The molecule has 2 aliphatic heterocycles. The molecule has 1 saturated heterocycles. The number of sulfonamides is 1. The van der Waals surface area contributed by atoms with Crippen molar-refractivity contribution < 1.29 is 23.0 Å². The molecule has 3 aromatic rings. The second-order valence-electron chi connectivity index (χ2n) is 9.71. The average Bonchev–Trinajstić information content (AvgIpc) is 3.37. The van der Waals surface area contributed by atoms with Crippen LogP contribution in [0.2, 0.25) is 0 Å². The summed E-state index contributed by atoms with van der Waals surface area (Å²) in [5.41, 5.74) is 2.82. The van der Waals surface area contributed by atoms with Gasteiger partial charge in [0.1, 0.15) is 16.7 Å². The third-order valence-electron chi connectivity index (χ3n) is 7.24. The van der Waals surface area contributed by atoms with Gasteiger partial charge >= 0.3 is 0 Å². The molecular formula is C29H34N2O5S. The van der Waals surface area contributed by atoms with Gasteiger partial charge in [-0.2, -0.15) is 4.31 Å². The lowest BCUT2D eigenvalue weighted by molar-refractivity contribution is 0.0313. The van der Waals surface area contributed by atoms with Crippen molar-refractivity contribution in [3.8, 4) is 5.75 Å². The summed E-state index contributed by atoms with van der Waals surface area (Å²) >= 11 is 0. The molecule has 0 aliphatic carbocycles. The highest BCUT2D eigenvalue weighted by Crippen LogP contribution is 2.39. The van der Waals surface area contributed by atoms with Gasteiger partial charge in [0.05, 0.1) is 32.4 Å². The fraction of sp³-hybridized carbons (Fsp3) is 0.379. The molecule has 0 saturated carbocycles. The Balaban J connectivity index is 1.47. The Hall–Kier alpha value is -2.91. The summed E-state index contributed by atoms with van der Waals surface area (Å²) in [7, 11) is -3.85. The fourth-order valence-corrected chi connectivity index (χ4v) is 6.98. The molecule has 2 aliphatic rings. The fourth-order valence-electron chi connectivity index (χ4n) is 5.22. The van der Waals surface area contributed by atoms with E-state index in [0.29, 0.717) is 12.4 Å². The van der Waals surface area contributed by atoms with Gasteiger partial charge in [0.2, 0.25) is 10.0 Å². The van der Waals surface area contributed by atoms with Crippen LogP contribution in [0.3, 0.4) is 0 Å². The molecule has 1 N–H and O–H groups in total. The predicted molar refractivity (Wildman–Crippen MR) is 143 cm³/mol. The zero-order valence-corrected chi connectivity index (χ0v) is 21.9. The summed E-state index contributed by atoms with van der Waals surface area (Å²) < 4.78 is 41.9.